The minimum absolute atomic E-state index is 0.573. The van der Waals surface area contributed by atoms with Crippen LogP contribution in [0.15, 0.2) is 42.9 Å². The fraction of sp³-hybridized carbons (Fsp3) is 0.278. The molecule has 0 aliphatic carbocycles. The van der Waals surface area contributed by atoms with Crippen LogP contribution in [0.4, 0.5) is 23.1 Å². The van der Waals surface area contributed by atoms with E-state index in [0.717, 1.165) is 30.9 Å². The van der Waals surface area contributed by atoms with E-state index in [0.29, 0.717) is 5.95 Å². The highest BCUT2D eigenvalue weighted by Gasteiger charge is 2.23. The van der Waals surface area contributed by atoms with Gasteiger partial charge >= 0.3 is 0 Å². The van der Waals surface area contributed by atoms with Crippen molar-refractivity contribution in [2.45, 2.75) is 19.8 Å². The summed E-state index contributed by atoms with van der Waals surface area (Å²) in [6.45, 7) is 3.12. The molecule has 0 spiro atoms. The van der Waals surface area contributed by atoms with Gasteiger partial charge in [-0.1, -0.05) is 17.7 Å². The molecule has 2 aromatic heterocycles. The average molecular weight is 320 g/mol. The minimum Gasteiger partial charge on any atom is -0.337 e. The van der Waals surface area contributed by atoms with Crippen molar-refractivity contribution in [3.8, 4) is 0 Å². The average Bonchev–Trinajstić information content (AvgIpc) is 2.96. The van der Waals surface area contributed by atoms with Crippen LogP contribution in [0.5, 0.6) is 0 Å². The van der Waals surface area contributed by atoms with Gasteiger partial charge in [-0.25, -0.2) is 9.97 Å². The SMILES string of the molecule is Cc1ccc2c(c1)CCCN2c1cnn(C)c1Nc1ncccn1. The molecule has 3 aromatic rings. The topological polar surface area (TPSA) is 58.9 Å². The summed E-state index contributed by atoms with van der Waals surface area (Å²) in [6.07, 6.45) is 7.61. The Morgan fingerprint density at radius 2 is 1.96 bits per heavy atom. The number of rotatable bonds is 3. The van der Waals surface area contributed by atoms with E-state index in [1.165, 1.54) is 16.8 Å². The highest BCUT2D eigenvalue weighted by molar-refractivity contribution is 5.78. The summed E-state index contributed by atoms with van der Waals surface area (Å²) >= 11 is 0. The second-order valence-corrected chi connectivity index (χ2v) is 6.09. The second-order valence-electron chi connectivity index (χ2n) is 6.09. The van der Waals surface area contributed by atoms with Crippen LogP contribution in [0.2, 0.25) is 0 Å². The molecule has 0 atom stereocenters. The first-order valence-corrected chi connectivity index (χ1v) is 8.15. The van der Waals surface area contributed by atoms with Crippen LogP contribution >= 0.6 is 0 Å². The number of nitrogens with one attached hydrogen (secondary N) is 1. The van der Waals surface area contributed by atoms with Crippen LogP contribution in [0.1, 0.15) is 17.5 Å². The summed E-state index contributed by atoms with van der Waals surface area (Å²) in [4.78, 5) is 10.8. The van der Waals surface area contributed by atoms with E-state index in [1.54, 1.807) is 18.5 Å². The minimum atomic E-state index is 0.573. The van der Waals surface area contributed by atoms with Gasteiger partial charge in [0.25, 0.3) is 0 Å². The van der Waals surface area contributed by atoms with Gasteiger partial charge in [-0.2, -0.15) is 5.10 Å². The Kier molecular flexibility index (Phi) is 3.65. The molecule has 1 aliphatic heterocycles. The summed E-state index contributed by atoms with van der Waals surface area (Å²) in [5.74, 6) is 1.47. The van der Waals surface area contributed by atoms with Gasteiger partial charge in [0.15, 0.2) is 5.82 Å². The predicted molar refractivity (Wildman–Crippen MR) is 95.0 cm³/mol. The Morgan fingerprint density at radius 1 is 1.12 bits per heavy atom. The van der Waals surface area contributed by atoms with E-state index in [4.69, 9.17) is 0 Å². The first kappa shape index (κ1) is 14.7. The lowest BCUT2D eigenvalue weighted by atomic mass is 9.99. The lowest BCUT2D eigenvalue weighted by Crippen LogP contribution is -2.25. The van der Waals surface area contributed by atoms with Crippen LogP contribution < -0.4 is 10.2 Å². The third kappa shape index (κ3) is 2.60. The lowest BCUT2D eigenvalue weighted by molar-refractivity contribution is 0.763. The largest absolute Gasteiger partial charge is 0.337 e. The first-order valence-electron chi connectivity index (χ1n) is 8.15. The standard InChI is InChI=1S/C18H20N6/c1-13-6-7-15-14(11-13)5-3-10-24(15)16-12-21-23(2)17(16)22-18-19-8-4-9-20-18/h4,6-9,11-12H,3,5,10H2,1-2H3,(H,19,20,22). The molecule has 0 unspecified atom stereocenters. The van der Waals surface area contributed by atoms with Crippen LogP contribution in [-0.2, 0) is 13.5 Å². The van der Waals surface area contributed by atoms with E-state index in [1.807, 2.05) is 17.9 Å². The highest BCUT2D eigenvalue weighted by atomic mass is 15.4. The van der Waals surface area contributed by atoms with E-state index >= 15 is 0 Å². The normalized spacial score (nSPS) is 13.7. The third-order valence-corrected chi connectivity index (χ3v) is 4.36. The first-order chi connectivity index (χ1) is 11.7. The molecule has 0 radical (unpaired) electrons. The van der Waals surface area contributed by atoms with Crippen molar-refractivity contribution in [2.75, 3.05) is 16.8 Å². The molecule has 6 nitrogen and oxygen atoms in total. The molecule has 6 heteroatoms. The molecule has 0 fully saturated rings. The van der Waals surface area contributed by atoms with Gasteiger partial charge in [0.05, 0.1) is 6.20 Å². The number of hydrogen-bond donors (Lipinski definition) is 1. The molecular weight excluding hydrogens is 300 g/mol. The molecular formula is C18H20N6. The third-order valence-electron chi connectivity index (χ3n) is 4.36. The zero-order valence-electron chi connectivity index (χ0n) is 13.9. The molecule has 0 saturated heterocycles. The van der Waals surface area contributed by atoms with Gasteiger partial charge in [0, 0.05) is 31.7 Å². The number of nitrogens with zero attached hydrogens (tertiary/aromatic N) is 5. The molecule has 1 N–H and O–H groups in total. The van der Waals surface area contributed by atoms with Crippen molar-refractivity contribution >= 4 is 23.1 Å². The Hall–Kier alpha value is -2.89. The predicted octanol–water partition coefficient (Wildman–Crippen LogP) is 3.35. The monoisotopic (exact) mass is 320 g/mol. The van der Waals surface area contributed by atoms with Gasteiger partial charge in [-0.05, 0) is 37.5 Å². The van der Waals surface area contributed by atoms with Crippen molar-refractivity contribution in [1.82, 2.24) is 19.7 Å². The molecule has 1 aliphatic rings. The lowest BCUT2D eigenvalue weighted by Gasteiger charge is -2.31. The molecule has 0 bridgehead atoms. The number of aromatic nitrogens is 4. The number of anilines is 4. The van der Waals surface area contributed by atoms with Crippen molar-refractivity contribution < 1.29 is 0 Å². The molecule has 0 saturated carbocycles. The van der Waals surface area contributed by atoms with Crippen LogP contribution in [0.3, 0.4) is 0 Å². The van der Waals surface area contributed by atoms with Crippen molar-refractivity contribution in [1.29, 1.82) is 0 Å². The van der Waals surface area contributed by atoms with Gasteiger partial charge in [0.1, 0.15) is 5.69 Å². The summed E-state index contributed by atoms with van der Waals surface area (Å²) in [5, 5.41) is 7.73. The summed E-state index contributed by atoms with van der Waals surface area (Å²) < 4.78 is 1.83. The van der Waals surface area contributed by atoms with Crippen molar-refractivity contribution in [3.05, 3.63) is 54.0 Å². The molecule has 122 valence electrons. The van der Waals surface area contributed by atoms with E-state index in [-0.39, 0.29) is 0 Å². The smallest absolute Gasteiger partial charge is 0.228 e. The molecule has 1 aromatic carbocycles. The van der Waals surface area contributed by atoms with Gasteiger partial charge in [-0.15, -0.1) is 0 Å². The fourth-order valence-corrected chi connectivity index (χ4v) is 3.21. The molecule has 0 amide bonds. The van der Waals surface area contributed by atoms with Gasteiger partial charge < -0.3 is 10.2 Å². The maximum atomic E-state index is 4.44. The van der Waals surface area contributed by atoms with Crippen LogP contribution in [-0.4, -0.2) is 26.3 Å². The zero-order chi connectivity index (χ0) is 16.5. The van der Waals surface area contributed by atoms with E-state index in [2.05, 4.69) is 50.4 Å². The Balaban J connectivity index is 1.74. The van der Waals surface area contributed by atoms with Gasteiger partial charge in [0.2, 0.25) is 5.95 Å². The van der Waals surface area contributed by atoms with Crippen molar-refractivity contribution in [2.24, 2.45) is 7.05 Å². The van der Waals surface area contributed by atoms with Crippen LogP contribution in [0.25, 0.3) is 0 Å². The molecule has 24 heavy (non-hydrogen) atoms. The zero-order valence-corrected chi connectivity index (χ0v) is 13.9. The Labute approximate surface area is 141 Å². The second kappa shape index (κ2) is 5.96. The van der Waals surface area contributed by atoms with E-state index < -0.39 is 0 Å². The number of aryl methyl sites for hydroxylation is 3. The maximum Gasteiger partial charge on any atom is 0.228 e. The highest BCUT2D eigenvalue weighted by Crippen LogP contribution is 2.38. The molecule has 4 rings (SSSR count). The number of fused-ring (bicyclic) bond motifs is 1. The summed E-state index contributed by atoms with van der Waals surface area (Å²) in [5.41, 5.74) is 5.01. The van der Waals surface area contributed by atoms with Crippen molar-refractivity contribution in [3.63, 3.8) is 0 Å². The van der Waals surface area contributed by atoms with Crippen LogP contribution in [0, 0.1) is 6.92 Å². The Morgan fingerprint density at radius 3 is 2.79 bits per heavy atom. The number of benzene rings is 1. The summed E-state index contributed by atoms with van der Waals surface area (Å²) in [7, 11) is 1.93. The Bertz CT molecular complexity index is 855. The maximum absolute atomic E-state index is 4.44. The quantitative estimate of drug-likeness (QED) is 0.802. The number of hydrogen-bond acceptors (Lipinski definition) is 5. The van der Waals surface area contributed by atoms with E-state index in [9.17, 15) is 0 Å². The summed E-state index contributed by atoms with van der Waals surface area (Å²) in [6, 6.07) is 8.46. The fourth-order valence-electron chi connectivity index (χ4n) is 3.21. The van der Waals surface area contributed by atoms with Gasteiger partial charge in [-0.3, -0.25) is 4.68 Å². The molecule has 3 heterocycles.